The van der Waals surface area contributed by atoms with E-state index in [0.29, 0.717) is 11.1 Å². The van der Waals surface area contributed by atoms with Gasteiger partial charge in [0.15, 0.2) is 0 Å². The van der Waals surface area contributed by atoms with Gasteiger partial charge in [-0.1, -0.05) is 95.1 Å². The fourth-order valence-corrected chi connectivity index (χ4v) is 6.58. The molecule has 0 spiro atoms. The molecule has 0 saturated carbocycles. The SMILES string of the molecule is Cc1ccc(C(NS(=O)(=O)c2ccc(C)cc2)C(NS(=O)(=O)c2ccc(C)cc2)c2ccc(C)cc2)cc1. The summed E-state index contributed by atoms with van der Waals surface area (Å²) in [6.07, 6.45) is 0. The molecule has 4 aromatic rings. The van der Waals surface area contributed by atoms with Crippen molar-refractivity contribution in [3.8, 4) is 0 Å². The van der Waals surface area contributed by atoms with E-state index in [9.17, 15) is 16.8 Å². The normalized spacial score (nSPS) is 13.7. The number of aryl methyl sites for hydroxylation is 4. The molecule has 2 atom stereocenters. The zero-order chi connectivity index (χ0) is 27.5. The predicted molar refractivity (Wildman–Crippen MR) is 151 cm³/mol. The number of rotatable bonds is 9. The molecular formula is C30H32N2O4S2. The van der Waals surface area contributed by atoms with E-state index >= 15 is 0 Å². The van der Waals surface area contributed by atoms with Gasteiger partial charge in [-0.05, 0) is 63.1 Å². The van der Waals surface area contributed by atoms with Crippen molar-refractivity contribution in [2.75, 3.05) is 0 Å². The van der Waals surface area contributed by atoms with Gasteiger partial charge < -0.3 is 0 Å². The van der Waals surface area contributed by atoms with Crippen molar-refractivity contribution in [1.82, 2.24) is 9.44 Å². The second-order valence-electron chi connectivity index (χ2n) is 9.65. The Bertz CT molecular complexity index is 1470. The van der Waals surface area contributed by atoms with E-state index in [2.05, 4.69) is 9.44 Å². The summed E-state index contributed by atoms with van der Waals surface area (Å²) in [5.74, 6) is 0. The van der Waals surface area contributed by atoms with Gasteiger partial charge >= 0.3 is 0 Å². The second-order valence-corrected chi connectivity index (χ2v) is 13.1. The third-order valence-corrected chi connectivity index (χ3v) is 9.35. The Hall–Kier alpha value is -3.30. The minimum absolute atomic E-state index is 0.101. The maximum Gasteiger partial charge on any atom is 0.241 e. The van der Waals surface area contributed by atoms with Gasteiger partial charge in [-0.2, -0.15) is 0 Å². The van der Waals surface area contributed by atoms with Crippen LogP contribution in [0.5, 0.6) is 0 Å². The van der Waals surface area contributed by atoms with Gasteiger partial charge in [0.25, 0.3) is 0 Å². The molecule has 0 amide bonds. The summed E-state index contributed by atoms with van der Waals surface area (Å²) in [6.45, 7) is 7.64. The van der Waals surface area contributed by atoms with Crippen LogP contribution in [0.4, 0.5) is 0 Å². The Morgan fingerprint density at radius 2 is 0.658 bits per heavy atom. The van der Waals surface area contributed by atoms with Crippen molar-refractivity contribution in [1.29, 1.82) is 0 Å². The molecule has 4 aromatic carbocycles. The minimum atomic E-state index is -4.01. The first-order valence-electron chi connectivity index (χ1n) is 12.3. The first kappa shape index (κ1) is 27.7. The van der Waals surface area contributed by atoms with Crippen LogP contribution in [0.15, 0.2) is 107 Å². The standard InChI is InChI=1S/C30H32N2O4S2/c1-21-5-13-25(14-6-21)29(31-37(33,34)27-17-9-23(3)10-18-27)30(26-15-7-22(2)8-16-26)32-38(35,36)28-19-11-24(4)12-20-28/h5-20,29-32H,1-4H3. The maximum atomic E-state index is 13.6. The fourth-order valence-electron chi connectivity index (χ4n) is 4.11. The van der Waals surface area contributed by atoms with Gasteiger partial charge in [0, 0.05) is 0 Å². The van der Waals surface area contributed by atoms with Crippen molar-refractivity contribution >= 4 is 20.0 Å². The van der Waals surface area contributed by atoms with Crippen LogP contribution in [0, 0.1) is 27.7 Å². The van der Waals surface area contributed by atoms with E-state index in [1.54, 1.807) is 48.5 Å². The predicted octanol–water partition coefficient (Wildman–Crippen LogP) is 5.66. The van der Waals surface area contributed by atoms with Crippen LogP contribution in [-0.4, -0.2) is 16.8 Å². The smallest absolute Gasteiger partial charge is 0.207 e. The molecule has 0 aromatic heterocycles. The topological polar surface area (TPSA) is 92.3 Å². The molecule has 2 unspecified atom stereocenters. The van der Waals surface area contributed by atoms with Gasteiger partial charge in [-0.3, -0.25) is 0 Å². The highest BCUT2D eigenvalue weighted by Gasteiger charge is 2.33. The second kappa shape index (κ2) is 11.2. The van der Waals surface area contributed by atoms with Crippen molar-refractivity contribution in [2.45, 2.75) is 49.6 Å². The molecule has 198 valence electrons. The van der Waals surface area contributed by atoms with Crippen LogP contribution in [0.3, 0.4) is 0 Å². The average molecular weight is 549 g/mol. The quantitative estimate of drug-likeness (QED) is 0.282. The van der Waals surface area contributed by atoms with E-state index in [-0.39, 0.29) is 9.79 Å². The van der Waals surface area contributed by atoms with Crippen molar-refractivity contribution in [2.24, 2.45) is 0 Å². The van der Waals surface area contributed by atoms with Crippen LogP contribution >= 0.6 is 0 Å². The largest absolute Gasteiger partial charge is 0.241 e. The Labute approximate surface area is 225 Å². The Morgan fingerprint density at radius 1 is 0.421 bits per heavy atom. The number of benzene rings is 4. The lowest BCUT2D eigenvalue weighted by molar-refractivity contribution is 0.466. The number of hydrogen-bond acceptors (Lipinski definition) is 4. The number of sulfonamides is 2. The van der Waals surface area contributed by atoms with E-state index in [0.717, 1.165) is 22.3 Å². The van der Waals surface area contributed by atoms with E-state index in [4.69, 9.17) is 0 Å². The number of nitrogens with one attached hydrogen (secondary N) is 2. The Balaban J connectivity index is 1.85. The van der Waals surface area contributed by atoms with Gasteiger partial charge in [-0.15, -0.1) is 0 Å². The lowest BCUT2D eigenvalue weighted by Crippen LogP contribution is -2.40. The Morgan fingerprint density at radius 3 is 0.921 bits per heavy atom. The average Bonchev–Trinajstić information content (AvgIpc) is 2.88. The summed E-state index contributed by atoms with van der Waals surface area (Å²) < 4.78 is 59.9. The van der Waals surface area contributed by atoms with Gasteiger partial charge in [-0.25, -0.2) is 26.3 Å². The first-order chi connectivity index (χ1) is 17.9. The highest BCUT2D eigenvalue weighted by atomic mass is 32.2. The van der Waals surface area contributed by atoms with Crippen LogP contribution in [0.2, 0.25) is 0 Å². The molecule has 6 nitrogen and oxygen atoms in total. The van der Waals surface area contributed by atoms with Crippen molar-refractivity contribution in [3.63, 3.8) is 0 Å². The molecule has 0 aliphatic heterocycles. The summed E-state index contributed by atoms with van der Waals surface area (Å²) in [5.41, 5.74) is 5.12. The van der Waals surface area contributed by atoms with E-state index < -0.39 is 32.1 Å². The maximum absolute atomic E-state index is 13.6. The molecule has 2 N–H and O–H groups in total. The zero-order valence-corrected chi connectivity index (χ0v) is 23.5. The summed E-state index contributed by atoms with van der Waals surface area (Å²) in [4.78, 5) is 0.202. The lowest BCUT2D eigenvalue weighted by atomic mass is 9.94. The van der Waals surface area contributed by atoms with Gasteiger partial charge in [0.05, 0.1) is 21.9 Å². The summed E-state index contributed by atoms with van der Waals surface area (Å²) in [5, 5.41) is 0. The van der Waals surface area contributed by atoms with Crippen LogP contribution < -0.4 is 9.44 Å². The van der Waals surface area contributed by atoms with Crippen molar-refractivity contribution < 1.29 is 16.8 Å². The van der Waals surface area contributed by atoms with Gasteiger partial charge in [0.2, 0.25) is 20.0 Å². The highest BCUT2D eigenvalue weighted by Crippen LogP contribution is 2.33. The first-order valence-corrected chi connectivity index (χ1v) is 15.2. The minimum Gasteiger partial charge on any atom is -0.207 e. The molecular weight excluding hydrogens is 516 g/mol. The zero-order valence-electron chi connectivity index (χ0n) is 21.8. The van der Waals surface area contributed by atoms with Crippen LogP contribution in [0.1, 0.15) is 45.5 Å². The summed E-state index contributed by atoms with van der Waals surface area (Å²) in [6, 6.07) is 26.0. The summed E-state index contributed by atoms with van der Waals surface area (Å²) >= 11 is 0. The third kappa shape index (κ3) is 6.57. The van der Waals surface area contributed by atoms with E-state index in [1.165, 1.54) is 0 Å². The summed E-state index contributed by atoms with van der Waals surface area (Å²) in [7, 11) is -8.01. The molecule has 0 heterocycles. The molecule has 4 rings (SSSR count). The molecule has 0 fully saturated rings. The number of hydrogen-bond donors (Lipinski definition) is 2. The molecule has 0 radical (unpaired) electrons. The molecule has 8 heteroatoms. The van der Waals surface area contributed by atoms with E-state index in [1.807, 2.05) is 76.2 Å². The lowest BCUT2D eigenvalue weighted by Gasteiger charge is -2.30. The molecule has 0 aliphatic rings. The molecule has 0 bridgehead atoms. The third-order valence-electron chi connectivity index (χ3n) is 6.43. The molecule has 38 heavy (non-hydrogen) atoms. The van der Waals surface area contributed by atoms with Crippen LogP contribution in [-0.2, 0) is 20.0 Å². The monoisotopic (exact) mass is 548 g/mol. The highest BCUT2D eigenvalue weighted by molar-refractivity contribution is 7.90. The van der Waals surface area contributed by atoms with Gasteiger partial charge in [0.1, 0.15) is 0 Å². The van der Waals surface area contributed by atoms with Crippen molar-refractivity contribution in [3.05, 3.63) is 130 Å². The van der Waals surface area contributed by atoms with Crippen LogP contribution in [0.25, 0.3) is 0 Å². The molecule has 0 aliphatic carbocycles. The molecule has 0 saturated heterocycles. The Kier molecular flexibility index (Phi) is 8.18. The fraction of sp³-hybridized carbons (Fsp3) is 0.200.